The highest BCUT2D eigenvalue weighted by Gasteiger charge is 2.31. The molecule has 1 aliphatic carbocycles. The molecule has 3 heterocycles. The molecule has 0 spiro atoms. The summed E-state index contributed by atoms with van der Waals surface area (Å²) in [4.78, 5) is 7.00. The predicted molar refractivity (Wildman–Crippen MR) is 75.3 cm³/mol. The monoisotopic (exact) mass is 276 g/mol. The van der Waals surface area contributed by atoms with Gasteiger partial charge >= 0.3 is 0 Å². The summed E-state index contributed by atoms with van der Waals surface area (Å²) in [5, 5.41) is 7.75. The van der Waals surface area contributed by atoms with E-state index in [0.717, 1.165) is 30.2 Å². The first-order chi connectivity index (χ1) is 9.88. The molecule has 1 aromatic heterocycles. The van der Waals surface area contributed by atoms with Crippen LogP contribution in [0.1, 0.15) is 56.2 Å². The largest absolute Gasteiger partial charge is 0.338 e. The third kappa shape index (κ3) is 2.74. The highest BCUT2D eigenvalue weighted by molar-refractivity contribution is 5.03. The molecule has 3 fully saturated rings. The molecule has 110 valence electrons. The van der Waals surface area contributed by atoms with Crippen LogP contribution < -0.4 is 5.32 Å². The first-order valence-electron chi connectivity index (χ1n) is 8.17. The van der Waals surface area contributed by atoms with Crippen LogP contribution >= 0.6 is 0 Å². The number of nitrogens with zero attached hydrogens (tertiary/aromatic N) is 3. The van der Waals surface area contributed by atoms with Crippen molar-refractivity contribution in [2.75, 3.05) is 19.6 Å². The van der Waals surface area contributed by atoms with Gasteiger partial charge in [0, 0.05) is 12.0 Å². The Hall–Kier alpha value is -0.940. The summed E-state index contributed by atoms with van der Waals surface area (Å²) >= 11 is 0. The molecule has 0 radical (unpaired) electrons. The summed E-state index contributed by atoms with van der Waals surface area (Å²) in [6.07, 6.45) is 7.82. The summed E-state index contributed by atoms with van der Waals surface area (Å²) in [5.74, 6) is 3.21. The predicted octanol–water partition coefficient (Wildman–Crippen LogP) is 1.91. The molecule has 5 heteroatoms. The zero-order valence-corrected chi connectivity index (χ0v) is 12.1. The molecule has 1 saturated carbocycles. The fraction of sp³-hybridized carbons (Fsp3) is 0.867. The second kappa shape index (κ2) is 5.45. The molecule has 0 amide bonds. The van der Waals surface area contributed by atoms with E-state index in [1.54, 1.807) is 0 Å². The number of nitrogens with one attached hydrogen (secondary N) is 1. The number of likely N-dealkylation sites (tertiary alicyclic amines) is 1. The second-order valence-electron chi connectivity index (χ2n) is 6.64. The van der Waals surface area contributed by atoms with Crippen LogP contribution in [-0.2, 0) is 6.54 Å². The van der Waals surface area contributed by atoms with Crippen molar-refractivity contribution in [2.24, 2.45) is 5.92 Å². The van der Waals surface area contributed by atoms with Gasteiger partial charge in [-0.05, 0) is 64.1 Å². The quantitative estimate of drug-likeness (QED) is 0.910. The Bertz CT molecular complexity index is 442. The van der Waals surface area contributed by atoms with Gasteiger partial charge in [-0.25, -0.2) is 0 Å². The molecular weight excluding hydrogens is 252 g/mol. The van der Waals surface area contributed by atoms with Crippen molar-refractivity contribution >= 4 is 0 Å². The Kier molecular flexibility index (Phi) is 3.48. The van der Waals surface area contributed by atoms with Gasteiger partial charge in [0.25, 0.3) is 0 Å². The van der Waals surface area contributed by atoms with E-state index in [2.05, 4.69) is 20.4 Å². The van der Waals surface area contributed by atoms with Crippen LogP contribution in [0.15, 0.2) is 4.52 Å². The van der Waals surface area contributed by atoms with E-state index in [1.165, 1.54) is 58.2 Å². The van der Waals surface area contributed by atoms with Gasteiger partial charge in [0.05, 0.1) is 6.54 Å². The fourth-order valence-corrected chi connectivity index (χ4v) is 3.66. The molecule has 2 saturated heterocycles. The third-order valence-corrected chi connectivity index (χ3v) is 5.08. The molecule has 20 heavy (non-hydrogen) atoms. The van der Waals surface area contributed by atoms with Gasteiger partial charge in [-0.2, -0.15) is 4.98 Å². The first kappa shape index (κ1) is 12.8. The lowest BCUT2D eigenvalue weighted by molar-refractivity contribution is 0.143. The van der Waals surface area contributed by atoms with E-state index in [4.69, 9.17) is 4.52 Å². The minimum Gasteiger partial charge on any atom is -0.338 e. The number of rotatable bonds is 4. The summed E-state index contributed by atoms with van der Waals surface area (Å²) in [5.41, 5.74) is 0. The number of aromatic nitrogens is 2. The lowest BCUT2D eigenvalue weighted by Crippen LogP contribution is -2.40. The molecule has 1 N–H and O–H groups in total. The SMILES string of the molecule is C1CNC(C2CCN(Cc3nc(C4CC4)no3)CC2)C1. The van der Waals surface area contributed by atoms with Crippen molar-refractivity contribution in [3.8, 4) is 0 Å². The van der Waals surface area contributed by atoms with Gasteiger partial charge in [-0.3, -0.25) is 4.90 Å². The van der Waals surface area contributed by atoms with E-state index < -0.39 is 0 Å². The van der Waals surface area contributed by atoms with Crippen LogP contribution in [0.2, 0.25) is 0 Å². The Labute approximate surface area is 120 Å². The minimum atomic E-state index is 0.590. The lowest BCUT2D eigenvalue weighted by Gasteiger charge is -2.34. The molecule has 5 nitrogen and oxygen atoms in total. The van der Waals surface area contributed by atoms with E-state index in [1.807, 2.05) is 0 Å². The molecule has 0 aromatic carbocycles. The highest BCUT2D eigenvalue weighted by Crippen LogP contribution is 2.38. The van der Waals surface area contributed by atoms with Crippen molar-refractivity contribution in [3.05, 3.63) is 11.7 Å². The number of piperidine rings is 1. The number of hydrogen-bond donors (Lipinski definition) is 1. The Balaban J connectivity index is 1.27. The summed E-state index contributed by atoms with van der Waals surface area (Å²) in [7, 11) is 0. The Morgan fingerprint density at radius 2 is 2.00 bits per heavy atom. The van der Waals surface area contributed by atoms with Crippen LogP contribution in [0.5, 0.6) is 0 Å². The summed E-state index contributed by atoms with van der Waals surface area (Å²) < 4.78 is 5.38. The molecule has 4 rings (SSSR count). The minimum absolute atomic E-state index is 0.590. The number of hydrogen-bond acceptors (Lipinski definition) is 5. The first-order valence-corrected chi connectivity index (χ1v) is 8.17. The zero-order valence-electron chi connectivity index (χ0n) is 12.1. The average Bonchev–Trinajstić information content (AvgIpc) is 3.00. The van der Waals surface area contributed by atoms with Crippen LogP contribution in [-0.4, -0.2) is 40.7 Å². The van der Waals surface area contributed by atoms with Crippen molar-refractivity contribution in [3.63, 3.8) is 0 Å². The molecule has 3 aliphatic rings. The topological polar surface area (TPSA) is 54.2 Å². The maximum atomic E-state index is 5.38. The van der Waals surface area contributed by atoms with E-state index in [-0.39, 0.29) is 0 Å². The third-order valence-electron chi connectivity index (χ3n) is 5.08. The lowest BCUT2D eigenvalue weighted by atomic mass is 9.88. The standard InChI is InChI=1S/C15H24N4O/c1-2-13(16-7-1)11-5-8-19(9-6-11)10-14-17-15(18-20-14)12-3-4-12/h11-13,16H,1-10H2. The van der Waals surface area contributed by atoms with Crippen molar-refractivity contribution < 1.29 is 4.52 Å². The van der Waals surface area contributed by atoms with Gasteiger partial charge in [0.1, 0.15) is 0 Å². The van der Waals surface area contributed by atoms with E-state index in [0.29, 0.717) is 5.92 Å². The normalized spacial score (nSPS) is 29.1. The molecule has 1 unspecified atom stereocenters. The van der Waals surface area contributed by atoms with Crippen LogP contribution in [0.3, 0.4) is 0 Å². The molecule has 1 atom stereocenters. The van der Waals surface area contributed by atoms with Crippen molar-refractivity contribution in [1.29, 1.82) is 0 Å². The average molecular weight is 276 g/mol. The Morgan fingerprint density at radius 1 is 1.15 bits per heavy atom. The van der Waals surface area contributed by atoms with Gasteiger partial charge < -0.3 is 9.84 Å². The second-order valence-corrected chi connectivity index (χ2v) is 6.64. The Morgan fingerprint density at radius 3 is 2.70 bits per heavy atom. The fourth-order valence-electron chi connectivity index (χ4n) is 3.66. The smallest absolute Gasteiger partial charge is 0.240 e. The van der Waals surface area contributed by atoms with Crippen molar-refractivity contribution in [1.82, 2.24) is 20.4 Å². The molecule has 0 bridgehead atoms. The molecule has 2 aliphatic heterocycles. The van der Waals surface area contributed by atoms with Crippen LogP contribution in [0, 0.1) is 5.92 Å². The molecular formula is C15H24N4O. The van der Waals surface area contributed by atoms with Gasteiger partial charge in [0.2, 0.25) is 5.89 Å². The van der Waals surface area contributed by atoms with Gasteiger partial charge in [-0.15, -0.1) is 0 Å². The van der Waals surface area contributed by atoms with Crippen LogP contribution in [0.25, 0.3) is 0 Å². The van der Waals surface area contributed by atoms with Gasteiger partial charge in [0.15, 0.2) is 5.82 Å². The highest BCUT2D eigenvalue weighted by atomic mass is 16.5. The zero-order chi connectivity index (χ0) is 13.4. The van der Waals surface area contributed by atoms with Crippen molar-refractivity contribution in [2.45, 2.75) is 57.0 Å². The van der Waals surface area contributed by atoms with Crippen LogP contribution in [0.4, 0.5) is 0 Å². The maximum Gasteiger partial charge on any atom is 0.240 e. The van der Waals surface area contributed by atoms with E-state index >= 15 is 0 Å². The molecule has 1 aromatic rings. The summed E-state index contributed by atoms with van der Waals surface area (Å²) in [6, 6.07) is 0.780. The van der Waals surface area contributed by atoms with Gasteiger partial charge in [-0.1, -0.05) is 5.16 Å². The maximum absolute atomic E-state index is 5.38. The summed E-state index contributed by atoms with van der Waals surface area (Å²) in [6.45, 7) is 4.40. The van der Waals surface area contributed by atoms with E-state index in [9.17, 15) is 0 Å².